The molecule has 8 heteroatoms. The minimum absolute atomic E-state index is 0.0248. The second-order valence-electron chi connectivity index (χ2n) is 7.67. The van der Waals surface area contributed by atoms with Gasteiger partial charge in [-0.2, -0.15) is 0 Å². The van der Waals surface area contributed by atoms with Crippen LogP contribution in [0.15, 0.2) is 30.3 Å². The van der Waals surface area contributed by atoms with Crippen LogP contribution in [0.4, 0.5) is 0 Å². The third kappa shape index (κ3) is 3.82. The van der Waals surface area contributed by atoms with Crippen LogP contribution in [-0.2, 0) is 19.7 Å². The Hall–Kier alpha value is -1.77. The van der Waals surface area contributed by atoms with Gasteiger partial charge in [-0.15, -0.1) is 0 Å². The third-order valence-corrected chi connectivity index (χ3v) is 6.91. The van der Waals surface area contributed by atoms with Crippen LogP contribution >= 0.6 is 0 Å². The lowest BCUT2D eigenvalue weighted by molar-refractivity contribution is -0.413. The van der Waals surface area contributed by atoms with Crippen LogP contribution in [-0.4, -0.2) is 35.6 Å². The van der Waals surface area contributed by atoms with E-state index in [9.17, 15) is 22.6 Å². The van der Waals surface area contributed by atoms with Gasteiger partial charge in [0.05, 0.1) is 15.9 Å². The van der Waals surface area contributed by atoms with E-state index < -0.39 is 33.3 Å². The van der Waals surface area contributed by atoms with Crippen molar-refractivity contribution in [2.24, 2.45) is 16.7 Å². The Morgan fingerprint density at radius 2 is 1.92 bits per heavy atom. The highest BCUT2D eigenvalue weighted by Gasteiger charge is 2.64. The maximum Gasteiger partial charge on any atom is 0.367 e. The summed E-state index contributed by atoms with van der Waals surface area (Å²) in [6.07, 6.45) is 1.88. The molecule has 2 saturated carbocycles. The summed E-state index contributed by atoms with van der Waals surface area (Å²) in [4.78, 5) is 22.3. The van der Waals surface area contributed by atoms with Gasteiger partial charge in [0.15, 0.2) is 0 Å². The molecule has 0 heterocycles. The highest BCUT2D eigenvalue weighted by Crippen LogP contribution is 2.64. The first-order chi connectivity index (χ1) is 11.9. The lowest BCUT2D eigenvalue weighted by Crippen LogP contribution is -2.57. The highest BCUT2D eigenvalue weighted by molar-refractivity contribution is 7.85. The van der Waals surface area contributed by atoms with E-state index in [1.807, 2.05) is 19.9 Å². The Balaban J connectivity index is 0.000000197. The number of Topliss-reactive ketones (excluding diaryl/α,β-unsaturated/α-hetero) is 1. The first-order valence-electron chi connectivity index (χ1n) is 8.48. The van der Waals surface area contributed by atoms with Gasteiger partial charge in [-0.25, -0.2) is 13.2 Å². The largest absolute Gasteiger partial charge is 0.748 e. The van der Waals surface area contributed by atoms with E-state index in [1.54, 1.807) is 24.3 Å². The summed E-state index contributed by atoms with van der Waals surface area (Å²) in [5.41, 5.74) is 3.02. The molecule has 0 aliphatic heterocycles. The molecule has 2 fully saturated rings. The van der Waals surface area contributed by atoms with Crippen molar-refractivity contribution in [2.75, 3.05) is 5.75 Å². The molecule has 4 N–H and O–H groups in total. The summed E-state index contributed by atoms with van der Waals surface area (Å²) < 4.78 is 32.7. The van der Waals surface area contributed by atoms with E-state index >= 15 is 0 Å². The molecule has 7 nitrogen and oxygen atoms in total. The van der Waals surface area contributed by atoms with E-state index in [-0.39, 0.29) is 17.1 Å². The van der Waals surface area contributed by atoms with Gasteiger partial charge in [-0.1, -0.05) is 44.2 Å². The molecule has 3 atom stereocenters. The van der Waals surface area contributed by atoms with Crippen LogP contribution in [0.2, 0.25) is 0 Å². The molecule has 2 aliphatic rings. The normalized spacial score (nSPS) is 27.5. The van der Waals surface area contributed by atoms with Crippen molar-refractivity contribution < 1.29 is 33.4 Å². The third-order valence-electron chi connectivity index (χ3n) is 6.06. The Bertz CT molecular complexity index is 789. The zero-order valence-corrected chi connectivity index (χ0v) is 15.8. The van der Waals surface area contributed by atoms with Crippen LogP contribution < -0.4 is 5.73 Å². The molecule has 3 rings (SSSR count). The van der Waals surface area contributed by atoms with Crippen molar-refractivity contribution in [3.8, 4) is 0 Å². The van der Waals surface area contributed by atoms with Crippen molar-refractivity contribution in [1.82, 2.24) is 0 Å². The number of carbonyl (C=O) groups is 2. The molecule has 26 heavy (non-hydrogen) atoms. The second-order valence-corrected chi connectivity index (χ2v) is 9.07. The smallest absolute Gasteiger partial charge is 0.367 e. The quantitative estimate of drug-likeness (QED) is 0.743. The van der Waals surface area contributed by atoms with Crippen LogP contribution in [0.1, 0.15) is 44.7 Å². The Morgan fingerprint density at radius 3 is 2.31 bits per heavy atom. The van der Waals surface area contributed by atoms with E-state index in [0.717, 1.165) is 12.0 Å². The van der Waals surface area contributed by atoms with E-state index in [2.05, 4.69) is 5.73 Å². The molecule has 0 unspecified atom stereocenters. The number of ketones is 1. The topological polar surface area (TPSA) is 139 Å². The number of rotatable bonds is 4. The number of hydrogen-bond acceptors (Lipinski definition) is 5. The fourth-order valence-electron chi connectivity index (χ4n) is 4.24. The molecule has 2 bridgehead atoms. The molecule has 0 saturated heterocycles. The lowest BCUT2D eigenvalue weighted by atomic mass is 9.70. The number of benzene rings is 1. The number of carbonyl (C=O) groups excluding carboxylic acids is 1. The molecule has 2 aliphatic carbocycles. The Morgan fingerprint density at radius 1 is 1.35 bits per heavy atom. The van der Waals surface area contributed by atoms with Gasteiger partial charge < -0.3 is 15.4 Å². The average molecular weight is 383 g/mol. The van der Waals surface area contributed by atoms with Crippen molar-refractivity contribution in [1.29, 1.82) is 0 Å². The number of carboxylic acids is 1. The first-order valence-corrected chi connectivity index (χ1v) is 10.1. The molecule has 0 amide bonds. The summed E-state index contributed by atoms with van der Waals surface area (Å²) in [6.45, 7) is 3.83. The molecule has 144 valence electrons. The van der Waals surface area contributed by atoms with Crippen molar-refractivity contribution in [3.63, 3.8) is 0 Å². The number of hydrogen-bond donors (Lipinski definition) is 2. The van der Waals surface area contributed by atoms with Crippen LogP contribution in [0, 0.1) is 16.7 Å². The van der Waals surface area contributed by atoms with Crippen molar-refractivity contribution in [2.45, 2.75) is 39.2 Å². The zero-order valence-electron chi connectivity index (χ0n) is 15.0. The maximum absolute atomic E-state index is 11.8. The van der Waals surface area contributed by atoms with E-state index in [1.165, 1.54) is 0 Å². The monoisotopic (exact) mass is 383 g/mol. The predicted molar refractivity (Wildman–Crippen MR) is 92.8 cm³/mol. The Labute approximate surface area is 153 Å². The number of fused-ring (bicyclic) bond motifs is 2. The lowest BCUT2D eigenvalue weighted by Gasteiger charge is -2.37. The maximum atomic E-state index is 11.8. The Kier molecular flexibility index (Phi) is 5.60. The minimum Gasteiger partial charge on any atom is -0.748 e. The van der Waals surface area contributed by atoms with Crippen LogP contribution in [0.3, 0.4) is 0 Å². The standard InChI is InChI=1S/C10H16O4S.C8H9NO2/c1-9(2)7-3-4-10(9,8(11)5-7)6-15(12,13)14;9-7(8(10)11)6-4-2-1-3-5-6/h7H,3-6H2,1-2H3,(H,12,13,14);1-5,7H,9H2,(H,10,11)/t7-,10-;7-/m10/s1. The molecule has 1 aromatic rings. The summed E-state index contributed by atoms with van der Waals surface area (Å²) in [7, 11) is -4.33. The predicted octanol–water partition coefficient (Wildman–Crippen LogP) is 0.981. The van der Waals surface area contributed by atoms with E-state index in [4.69, 9.17) is 5.11 Å². The zero-order chi connectivity index (χ0) is 19.8. The van der Waals surface area contributed by atoms with Crippen LogP contribution in [0.25, 0.3) is 0 Å². The molecular formula is C18H25NO6S. The number of quaternary nitrogens is 1. The summed E-state index contributed by atoms with van der Waals surface area (Å²) >= 11 is 0. The van der Waals surface area contributed by atoms with Gasteiger partial charge in [0, 0.05) is 17.4 Å². The fraction of sp³-hybridized carbons (Fsp3) is 0.556. The molecule has 0 spiro atoms. The summed E-state index contributed by atoms with van der Waals surface area (Å²) in [5.74, 6) is -1.17. The van der Waals surface area contributed by atoms with Gasteiger partial charge in [-0.05, 0) is 24.2 Å². The fourth-order valence-corrected chi connectivity index (χ4v) is 5.52. The SMILES string of the molecule is CC1(C)[C@@H]2CC[C@@]1(CS(=O)(=O)[O-])C(=O)C2.[NH3+][C@H](C(=O)O)c1ccccc1. The first kappa shape index (κ1) is 20.5. The van der Waals surface area contributed by atoms with E-state index in [0.29, 0.717) is 12.8 Å². The average Bonchev–Trinajstić information content (AvgIpc) is 2.88. The highest BCUT2D eigenvalue weighted by atomic mass is 32.2. The number of aliphatic carboxylic acids is 1. The van der Waals surface area contributed by atoms with Crippen molar-refractivity contribution >= 4 is 21.9 Å². The van der Waals surface area contributed by atoms with Gasteiger partial charge >= 0.3 is 5.97 Å². The molecular weight excluding hydrogens is 358 g/mol. The van der Waals surface area contributed by atoms with Gasteiger partial charge in [-0.3, -0.25) is 4.79 Å². The molecule has 0 radical (unpaired) electrons. The number of carboxylic acid groups (broad SMARTS) is 1. The molecule has 0 aromatic heterocycles. The summed E-state index contributed by atoms with van der Waals surface area (Å²) in [6, 6.07) is 8.30. The van der Waals surface area contributed by atoms with Crippen molar-refractivity contribution in [3.05, 3.63) is 35.9 Å². The van der Waals surface area contributed by atoms with Gasteiger partial charge in [0.25, 0.3) is 0 Å². The summed E-state index contributed by atoms with van der Waals surface area (Å²) in [5, 5.41) is 8.57. The van der Waals surface area contributed by atoms with Gasteiger partial charge in [0.1, 0.15) is 5.78 Å². The van der Waals surface area contributed by atoms with Crippen LogP contribution in [0.5, 0.6) is 0 Å². The second kappa shape index (κ2) is 7.09. The molecule has 1 aromatic carbocycles. The minimum atomic E-state index is -4.33. The van der Waals surface area contributed by atoms with Gasteiger partial charge in [0.2, 0.25) is 6.04 Å².